The van der Waals surface area contributed by atoms with Crippen LogP contribution in [0.4, 0.5) is 0 Å². The first-order valence-electron chi connectivity index (χ1n) is 22.4. The number of sulfonamides is 2. The van der Waals surface area contributed by atoms with Crippen molar-refractivity contribution >= 4 is 113 Å². The van der Waals surface area contributed by atoms with Crippen molar-refractivity contribution in [1.82, 2.24) is 17.7 Å². The van der Waals surface area contributed by atoms with E-state index in [-0.39, 0.29) is 112 Å². The van der Waals surface area contributed by atoms with Gasteiger partial charge in [-0.3, -0.25) is 0 Å². The van der Waals surface area contributed by atoms with Gasteiger partial charge in [0, 0.05) is 81.7 Å². The molecule has 8 aromatic rings. The first-order chi connectivity index (χ1) is 32.5. The number of hydrogen-bond acceptors (Lipinski definition) is 10. The molecular formula is C52H54CaN4O10S2. The van der Waals surface area contributed by atoms with Crippen molar-refractivity contribution in [1.29, 1.82) is 0 Å². The van der Waals surface area contributed by atoms with Gasteiger partial charge in [-0.15, -0.1) is 0 Å². The van der Waals surface area contributed by atoms with Gasteiger partial charge in [-0.1, -0.05) is 108 Å². The summed E-state index contributed by atoms with van der Waals surface area (Å²) >= 11 is 0. The van der Waals surface area contributed by atoms with Crippen LogP contribution in [0.1, 0.15) is 36.8 Å². The molecule has 2 unspecified atom stereocenters. The number of nitrogens with zero attached hydrogens (tertiary/aromatic N) is 4. The van der Waals surface area contributed by atoms with Crippen LogP contribution in [0.3, 0.4) is 0 Å². The number of rotatable bonds is 20. The van der Waals surface area contributed by atoms with Crippen LogP contribution >= 0.6 is 0 Å². The van der Waals surface area contributed by atoms with Crippen molar-refractivity contribution in [3.63, 3.8) is 0 Å². The number of aryl methyl sites for hydroxylation is 2. The largest absolute Gasteiger partial charge is 2.00 e. The Morgan fingerprint density at radius 1 is 0.493 bits per heavy atom. The predicted octanol–water partition coefficient (Wildman–Crippen LogP) is 4.99. The number of benzene rings is 6. The molecule has 356 valence electrons. The summed E-state index contributed by atoms with van der Waals surface area (Å²) in [5, 5.41) is 48.0. The first kappa shape index (κ1) is 53.2. The molecule has 0 fully saturated rings. The number of fused-ring (bicyclic) bond motifs is 6. The third kappa shape index (κ3) is 12.8. The molecule has 6 aromatic carbocycles. The van der Waals surface area contributed by atoms with Gasteiger partial charge in [0.15, 0.2) is 0 Å². The third-order valence-electron chi connectivity index (χ3n) is 11.9. The van der Waals surface area contributed by atoms with E-state index >= 15 is 0 Å². The van der Waals surface area contributed by atoms with Gasteiger partial charge in [-0.05, 0) is 88.1 Å². The molecule has 2 atom stereocenters. The molecule has 0 spiro atoms. The zero-order chi connectivity index (χ0) is 48.6. The van der Waals surface area contributed by atoms with Crippen LogP contribution in [-0.4, -0.2) is 133 Å². The molecule has 69 heavy (non-hydrogen) atoms. The molecule has 0 amide bonds. The third-order valence-corrected chi connectivity index (χ3v) is 15.6. The van der Waals surface area contributed by atoms with Crippen LogP contribution in [0.5, 0.6) is 0 Å². The molecule has 0 aliphatic rings. The second-order valence-electron chi connectivity index (χ2n) is 16.9. The number of aromatic nitrogens is 2. The Morgan fingerprint density at radius 3 is 1.04 bits per heavy atom. The zero-order valence-electron chi connectivity index (χ0n) is 38.6. The molecule has 0 saturated carbocycles. The van der Waals surface area contributed by atoms with E-state index in [4.69, 9.17) is 0 Å². The topological polar surface area (TPSA) is 205 Å². The van der Waals surface area contributed by atoms with Crippen LogP contribution in [0.15, 0.2) is 155 Å². The van der Waals surface area contributed by atoms with E-state index in [2.05, 4.69) is 0 Å². The van der Waals surface area contributed by atoms with Crippen molar-refractivity contribution in [3.8, 4) is 0 Å². The summed E-state index contributed by atoms with van der Waals surface area (Å²) in [5.41, 5.74) is 5.66. The first-order valence-corrected chi connectivity index (χ1v) is 25.2. The summed E-state index contributed by atoms with van der Waals surface area (Å²) in [6.07, 6.45) is -2.36. The second-order valence-corrected chi connectivity index (χ2v) is 20.8. The maximum atomic E-state index is 13.3. The Morgan fingerprint density at radius 2 is 0.768 bits per heavy atom. The molecular weight excluding hydrogens is 945 g/mol. The Kier molecular flexibility index (Phi) is 18.2. The van der Waals surface area contributed by atoms with Gasteiger partial charge in [-0.25, -0.2) is 16.8 Å². The number of aliphatic hydroxyl groups excluding tert-OH is 2. The molecule has 14 nitrogen and oxygen atoms in total. The van der Waals surface area contributed by atoms with Gasteiger partial charge >= 0.3 is 37.7 Å². The molecule has 2 aromatic heterocycles. The smallest absolute Gasteiger partial charge is 0.550 e. The quantitative estimate of drug-likeness (QED) is 0.0980. The van der Waals surface area contributed by atoms with E-state index in [1.165, 1.54) is 32.9 Å². The van der Waals surface area contributed by atoms with E-state index in [9.17, 15) is 46.9 Å². The average Bonchev–Trinajstić information content (AvgIpc) is 3.80. The molecule has 0 bridgehead atoms. The van der Waals surface area contributed by atoms with E-state index in [0.29, 0.717) is 0 Å². The number of hydrogen-bond donors (Lipinski definition) is 2. The van der Waals surface area contributed by atoms with Crippen LogP contribution in [0.25, 0.3) is 43.6 Å². The van der Waals surface area contributed by atoms with Crippen molar-refractivity contribution < 1.29 is 46.9 Å². The van der Waals surface area contributed by atoms with E-state index in [1.807, 2.05) is 120 Å². The summed E-state index contributed by atoms with van der Waals surface area (Å²) in [6, 6.07) is 44.5. The fourth-order valence-electron chi connectivity index (χ4n) is 8.54. The standard InChI is InChI=1S/2C26H28N2O5S.Ca/c2*1-19-12-14-21(15-13-19)34(32,33)27(16-6-11-26(30)31)17-20(29)18-28-24-9-4-2-7-22(24)23-8-3-5-10-25(23)28;/h2*2-5,7-10,12-15,20,29H,6,11,16-18H2,1H3,(H,30,31);/q;;+2/p-2. The Hall–Kier alpha value is -5.14. The number of para-hydroxylation sites is 4. The number of carbonyl (C=O) groups is 2. The van der Waals surface area contributed by atoms with Crippen LogP contribution in [0, 0.1) is 13.8 Å². The molecule has 0 radical (unpaired) electrons. The van der Waals surface area contributed by atoms with Gasteiger partial charge in [0.25, 0.3) is 0 Å². The normalized spacial score (nSPS) is 12.8. The van der Waals surface area contributed by atoms with Crippen LogP contribution < -0.4 is 10.2 Å². The molecule has 17 heteroatoms. The van der Waals surface area contributed by atoms with E-state index in [1.54, 1.807) is 24.3 Å². The molecule has 2 heterocycles. The van der Waals surface area contributed by atoms with Gasteiger partial charge in [0.2, 0.25) is 20.0 Å². The average molecular weight is 999 g/mol. The zero-order valence-corrected chi connectivity index (χ0v) is 42.4. The summed E-state index contributed by atoms with van der Waals surface area (Å²) < 4.78 is 59.6. The summed E-state index contributed by atoms with van der Waals surface area (Å²) in [6.45, 7) is 3.72. The molecule has 0 saturated heterocycles. The van der Waals surface area contributed by atoms with Crippen molar-refractivity contribution in [2.75, 3.05) is 26.2 Å². The second kappa shape index (κ2) is 23.6. The Bertz CT molecular complexity index is 2940. The number of aliphatic hydroxyl groups is 2. The van der Waals surface area contributed by atoms with Gasteiger partial charge in [-0.2, -0.15) is 8.61 Å². The fourth-order valence-corrected chi connectivity index (χ4v) is 11.6. The Balaban J connectivity index is 0.000000224. The molecule has 2 N–H and O–H groups in total. The number of carbonyl (C=O) groups excluding carboxylic acids is 2. The molecule has 0 aliphatic heterocycles. The van der Waals surface area contributed by atoms with Crippen molar-refractivity contribution in [2.24, 2.45) is 0 Å². The SMILES string of the molecule is Cc1ccc(S(=O)(=O)N(CCCC(=O)[O-])CC(O)Cn2c3ccccc3c3ccccc32)cc1.Cc1ccc(S(=O)(=O)N(CCCC(=O)[O-])CC(O)Cn2c3ccccc3c3ccccc32)cc1.[Ca+2]. The maximum absolute atomic E-state index is 13.3. The molecule has 8 rings (SSSR count). The van der Waals surface area contributed by atoms with Crippen LogP contribution in [-0.2, 0) is 42.7 Å². The van der Waals surface area contributed by atoms with Crippen molar-refractivity contribution in [2.45, 2.75) is 74.6 Å². The summed E-state index contributed by atoms with van der Waals surface area (Å²) in [5.74, 6) is -2.47. The maximum Gasteiger partial charge on any atom is 2.00 e. The number of carboxylic acids is 2. The minimum Gasteiger partial charge on any atom is -0.550 e. The van der Waals surface area contributed by atoms with Crippen LogP contribution in [0.2, 0.25) is 0 Å². The van der Waals surface area contributed by atoms with Gasteiger partial charge < -0.3 is 39.1 Å². The Labute approximate surface area is 432 Å². The van der Waals surface area contributed by atoms with E-state index < -0.39 is 44.2 Å². The fraction of sp³-hybridized carbons (Fsp3) is 0.269. The summed E-state index contributed by atoms with van der Waals surface area (Å²) in [4.78, 5) is 22.0. The van der Waals surface area contributed by atoms with Gasteiger partial charge in [0.1, 0.15) is 0 Å². The summed E-state index contributed by atoms with van der Waals surface area (Å²) in [7, 11) is -7.85. The minimum absolute atomic E-state index is 0. The predicted molar refractivity (Wildman–Crippen MR) is 265 cm³/mol. The number of carboxylic acid groups (broad SMARTS) is 2. The number of aliphatic carboxylic acids is 2. The monoisotopic (exact) mass is 998 g/mol. The van der Waals surface area contributed by atoms with E-state index in [0.717, 1.165) is 54.7 Å². The van der Waals surface area contributed by atoms with Crippen molar-refractivity contribution in [3.05, 3.63) is 157 Å². The minimum atomic E-state index is -3.92. The van der Waals surface area contributed by atoms with Gasteiger partial charge in [0.05, 0.1) is 35.1 Å². The molecule has 0 aliphatic carbocycles.